The predicted octanol–water partition coefficient (Wildman–Crippen LogP) is 3.12. The van der Waals surface area contributed by atoms with E-state index in [1.165, 1.54) is 10.4 Å². The maximum atomic E-state index is 4.40. The predicted molar refractivity (Wildman–Crippen MR) is 72.2 cm³/mol. The third-order valence-corrected chi connectivity index (χ3v) is 3.89. The van der Waals surface area contributed by atoms with Crippen molar-refractivity contribution in [3.05, 3.63) is 40.1 Å². The summed E-state index contributed by atoms with van der Waals surface area (Å²) in [6, 6.07) is 2.48. The molecule has 0 saturated heterocycles. The first kappa shape index (κ1) is 12.3. The first-order chi connectivity index (χ1) is 8.19. The molecule has 0 saturated carbocycles. The van der Waals surface area contributed by atoms with Crippen molar-refractivity contribution in [1.29, 1.82) is 0 Å². The van der Waals surface area contributed by atoms with Gasteiger partial charge in [-0.25, -0.2) is 4.98 Å². The fourth-order valence-electron chi connectivity index (χ4n) is 1.72. The van der Waals surface area contributed by atoms with Crippen LogP contribution in [0.3, 0.4) is 0 Å². The molecule has 0 aliphatic carbocycles. The van der Waals surface area contributed by atoms with Crippen molar-refractivity contribution in [2.24, 2.45) is 0 Å². The van der Waals surface area contributed by atoms with E-state index in [1.807, 2.05) is 6.20 Å². The van der Waals surface area contributed by atoms with E-state index in [0.717, 1.165) is 18.1 Å². The van der Waals surface area contributed by atoms with Gasteiger partial charge in [-0.2, -0.15) is 0 Å². The number of hydrogen-bond acceptors (Lipinski definition) is 3. The molecular weight excluding hydrogens is 230 g/mol. The molecule has 0 bridgehead atoms. The van der Waals surface area contributed by atoms with Crippen LogP contribution in [-0.2, 0) is 13.1 Å². The molecular formula is C13H19N3S. The Labute approximate surface area is 107 Å². The minimum atomic E-state index is 0.318. The number of aromatic nitrogens is 2. The molecule has 0 fully saturated rings. The molecule has 0 aliphatic rings. The quantitative estimate of drug-likeness (QED) is 0.882. The van der Waals surface area contributed by atoms with Gasteiger partial charge in [-0.05, 0) is 32.4 Å². The molecule has 1 N–H and O–H groups in total. The minimum Gasteiger partial charge on any atom is -0.354 e. The maximum absolute atomic E-state index is 4.40. The molecule has 0 aromatic carbocycles. The fourth-order valence-corrected chi connectivity index (χ4v) is 2.52. The molecule has 2 rings (SSSR count). The van der Waals surface area contributed by atoms with E-state index >= 15 is 0 Å². The molecule has 0 aliphatic heterocycles. The van der Waals surface area contributed by atoms with E-state index in [2.05, 4.69) is 54.1 Å². The number of aryl methyl sites for hydroxylation is 2. The molecule has 2 heterocycles. The van der Waals surface area contributed by atoms with Gasteiger partial charge in [0, 0.05) is 36.6 Å². The third-order valence-electron chi connectivity index (χ3n) is 2.80. The molecule has 1 unspecified atom stereocenters. The molecule has 4 heteroatoms. The average molecular weight is 249 g/mol. The Morgan fingerprint density at radius 3 is 2.94 bits per heavy atom. The zero-order chi connectivity index (χ0) is 12.3. The molecule has 92 valence electrons. The standard InChI is InChI=1S/C13H19N3S/c1-4-16-6-5-12(9-16)8-14-11(3)13-15-7-10(2)17-13/h5-7,9,11,14H,4,8H2,1-3H3. The highest BCUT2D eigenvalue weighted by Crippen LogP contribution is 2.19. The summed E-state index contributed by atoms with van der Waals surface area (Å²) >= 11 is 1.76. The van der Waals surface area contributed by atoms with Crippen LogP contribution >= 0.6 is 11.3 Å². The number of rotatable bonds is 5. The third kappa shape index (κ3) is 3.17. The first-order valence-corrected chi connectivity index (χ1v) is 6.81. The van der Waals surface area contributed by atoms with Gasteiger partial charge < -0.3 is 9.88 Å². The van der Waals surface area contributed by atoms with E-state index in [-0.39, 0.29) is 0 Å². The van der Waals surface area contributed by atoms with Crippen LogP contribution < -0.4 is 5.32 Å². The van der Waals surface area contributed by atoms with Crippen molar-refractivity contribution in [3.8, 4) is 0 Å². The minimum absolute atomic E-state index is 0.318. The molecule has 2 aromatic rings. The van der Waals surface area contributed by atoms with Gasteiger partial charge in [0.15, 0.2) is 0 Å². The van der Waals surface area contributed by atoms with E-state index < -0.39 is 0 Å². The number of nitrogens with one attached hydrogen (secondary N) is 1. The summed E-state index contributed by atoms with van der Waals surface area (Å²) in [7, 11) is 0. The summed E-state index contributed by atoms with van der Waals surface area (Å²) in [6.07, 6.45) is 6.24. The Kier molecular flexibility index (Phi) is 3.97. The molecule has 2 aromatic heterocycles. The van der Waals surface area contributed by atoms with Crippen molar-refractivity contribution >= 4 is 11.3 Å². The molecule has 1 atom stereocenters. The highest BCUT2D eigenvalue weighted by atomic mass is 32.1. The van der Waals surface area contributed by atoms with Gasteiger partial charge in [-0.15, -0.1) is 11.3 Å². The SMILES string of the molecule is CCn1ccc(CNC(C)c2ncc(C)s2)c1. The highest BCUT2D eigenvalue weighted by Gasteiger charge is 2.08. The summed E-state index contributed by atoms with van der Waals surface area (Å²) in [6.45, 7) is 8.33. The zero-order valence-corrected chi connectivity index (χ0v) is 11.4. The normalized spacial score (nSPS) is 12.9. The Morgan fingerprint density at radius 2 is 2.35 bits per heavy atom. The summed E-state index contributed by atoms with van der Waals surface area (Å²) in [5.41, 5.74) is 1.33. The van der Waals surface area contributed by atoms with Crippen molar-refractivity contribution in [3.63, 3.8) is 0 Å². The zero-order valence-electron chi connectivity index (χ0n) is 10.6. The smallest absolute Gasteiger partial charge is 0.109 e. The van der Waals surface area contributed by atoms with Crippen LogP contribution in [-0.4, -0.2) is 9.55 Å². The lowest BCUT2D eigenvalue weighted by atomic mass is 10.3. The molecule has 0 spiro atoms. The highest BCUT2D eigenvalue weighted by molar-refractivity contribution is 7.11. The van der Waals surface area contributed by atoms with Crippen LogP contribution in [0.25, 0.3) is 0 Å². The van der Waals surface area contributed by atoms with E-state index in [9.17, 15) is 0 Å². The van der Waals surface area contributed by atoms with Gasteiger partial charge in [0.1, 0.15) is 5.01 Å². The summed E-state index contributed by atoms with van der Waals surface area (Å²) in [4.78, 5) is 5.67. The lowest BCUT2D eigenvalue weighted by molar-refractivity contribution is 0.571. The van der Waals surface area contributed by atoms with Gasteiger partial charge in [0.25, 0.3) is 0 Å². The lowest BCUT2D eigenvalue weighted by Gasteiger charge is -2.09. The van der Waals surface area contributed by atoms with Crippen LogP contribution in [0, 0.1) is 6.92 Å². The fraction of sp³-hybridized carbons (Fsp3) is 0.462. The topological polar surface area (TPSA) is 29.9 Å². The van der Waals surface area contributed by atoms with E-state index in [1.54, 1.807) is 11.3 Å². The first-order valence-electron chi connectivity index (χ1n) is 5.99. The molecule has 0 radical (unpaired) electrons. The second kappa shape index (κ2) is 5.47. The average Bonchev–Trinajstić information content (AvgIpc) is 2.94. The monoisotopic (exact) mass is 249 g/mol. The van der Waals surface area contributed by atoms with Gasteiger partial charge in [0.05, 0.1) is 6.04 Å². The Morgan fingerprint density at radius 1 is 1.53 bits per heavy atom. The number of nitrogens with zero attached hydrogens (tertiary/aromatic N) is 2. The van der Waals surface area contributed by atoms with Crippen molar-refractivity contribution in [2.45, 2.75) is 39.9 Å². The number of thiazole rings is 1. The Bertz CT molecular complexity index is 472. The Balaban J connectivity index is 1.89. The van der Waals surface area contributed by atoms with Crippen molar-refractivity contribution in [1.82, 2.24) is 14.9 Å². The summed E-state index contributed by atoms with van der Waals surface area (Å²) < 4.78 is 2.19. The second-order valence-corrected chi connectivity index (χ2v) is 5.53. The van der Waals surface area contributed by atoms with Gasteiger partial charge in [0.2, 0.25) is 0 Å². The molecule has 0 amide bonds. The van der Waals surface area contributed by atoms with E-state index in [4.69, 9.17) is 0 Å². The van der Waals surface area contributed by atoms with Crippen LogP contribution in [0.4, 0.5) is 0 Å². The van der Waals surface area contributed by atoms with Gasteiger partial charge in [-0.3, -0.25) is 0 Å². The van der Waals surface area contributed by atoms with Crippen LogP contribution in [0.2, 0.25) is 0 Å². The largest absolute Gasteiger partial charge is 0.354 e. The number of hydrogen-bond donors (Lipinski definition) is 1. The second-order valence-electron chi connectivity index (χ2n) is 4.26. The van der Waals surface area contributed by atoms with Gasteiger partial charge >= 0.3 is 0 Å². The van der Waals surface area contributed by atoms with Gasteiger partial charge in [-0.1, -0.05) is 0 Å². The maximum Gasteiger partial charge on any atom is 0.109 e. The van der Waals surface area contributed by atoms with Crippen LogP contribution in [0.5, 0.6) is 0 Å². The van der Waals surface area contributed by atoms with Crippen LogP contribution in [0.1, 0.15) is 35.3 Å². The van der Waals surface area contributed by atoms with Crippen molar-refractivity contribution < 1.29 is 0 Å². The lowest BCUT2D eigenvalue weighted by Crippen LogP contribution is -2.17. The molecule has 17 heavy (non-hydrogen) atoms. The van der Waals surface area contributed by atoms with Crippen LogP contribution in [0.15, 0.2) is 24.7 Å². The van der Waals surface area contributed by atoms with E-state index in [0.29, 0.717) is 6.04 Å². The molecule has 3 nitrogen and oxygen atoms in total. The Hall–Kier alpha value is -1.13. The summed E-state index contributed by atoms with van der Waals surface area (Å²) in [5.74, 6) is 0. The van der Waals surface area contributed by atoms with Crippen molar-refractivity contribution in [2.75, 3.05) is 0 Å². The summed E-state index contributed by atoms with van der Waals surface area (Å²) in [5, 5.41) is 4.66.